The molecule has 2 atom stereocenters. The predicted octanol–water partition coefficient (Wildman–Crippen LogP) is 2.59. The zero-order valence-electron chi connectivity index (χ0n) is 9.83. The SMILES string of the molecule is CC1OCCC1(C)Nc1cc(C#N)cc(Cl)n1. The summed E-state index contributed by atoms with van der Waals surface area (Å²) in [7, 11) is 0. The Labute approximate surface area is 106 Å². The van der Waals surface area contributed by atoms with Crippen LogP contribution in [-0.4, -0.2) is 23.2 Å². The molecule has 0 saturated carbocycles. The fourth-order valence-electron chi connectivity index (χ4n) is 1.92. The molecule has 17 heavy (non-hydrogen) atoms. The topological polar surface area (TPSA) is 57.9 Å². The number of ether oxygens (including phenoxy) is 1. The average Bonchev–Trinajstić information content (AvgIpc) is 2.58. The zero-order valence-corrected chi connectivity index (χ0v) is 10.6. The number of anilines is 1. The van der Waals surface area contributed by atoms with Crippen LogP contribution in [0.2, 0.25) is 5.15 Å². The van der Waals surface area contributed by atoms with Gasteiger partial charge in [0.1, 0.15) is 11.0 Å². The van der Waals surface area contributed by atoms with Gasteiger partial charge in [-0.1, -0.05) is 11.6 Å². The molecule has 0 amide bonds. The molecule has 2 rings (SSSR count). The third kappa shape index (κ3) is 2.51. The normalized spacial score (nSPS) is 27.8. The molecule has 1 N–H and O–H groups in total. The van der Waals surface area contributed by atoms with Crippen molar-refractivity contribution < 1.29 is 4.74 Å². The summed E-state index contributed by atoms with van der Waals surface area (Å²) < 4.78 is 5.54. The number of aromatic nitrogens is 1. The summed E-state index contributed by atoms with van der Waals surface area (Å²) in [6.45, 7) is 4.84. The molecule has 1 saturated heterocycles. The highest BCUT2D eigenvalue weighted by Crippen LogP contribution is 2.29. The Morgan fingerprint density at radius 3 is 3.00 bits per heavy atom. The largest absolute Gasteiger partial charge is 0.376 e. The molecule has 0 aliphatic carbocycles. The summed E-state index contributed by atoms with van der Waals surface area (Å²) >= 11 is 5.86. The maximum atomic E-state index is 8.87. The van der Waals surface area contributed by atoms with Gasteiger partial charge in [-0.3, -0.25) is 0 Å². The van der Waals surface area contributed by atoms with Gasteiger partial charge < -0.3 is 10.1 Å². The maximum Gasteiger partial charge on any atom is 0.132 e. The predicted molar refractivity (Wildman–Crippen MR) is 66.0 cm³/mol. The molecule has 5 heteroatoms. The van der Waals surface area contributed by atoms with E-state index in [9.17, 15) is 0 Å². The van der Waals surface area contributed by atoms with Gasteiger partial charge >= 0.3 is 0 Å². The summed E-state index contributed by atoms with van der Waals surface area (Å²) in [5, 5.41) is 12.5. The van der Waals surface area contributed by atoms with Gasteiger partial charge in [-0.15, -0.1) is 0 Å². The summed E-state index contributed by atoms with van der Waals surface area (Å²) in [5.41, 5.74) is 0.340. The Morgan fingerprint density at radius 2 is 2.41 bits per heavy atom. The summed E-state index contributed by atoms with van der Waals surface area (Å²) in [5.74, 6) is 0.619. The van der Waals surface area contributed by atoms with Crippen molar-refractivity contribution >= 4 is 17.4 Å². The van der Waals surface area contributed by atoms with Crippen LogP contribution in [0.3, 0.4) is 0 Å². The van der Waals surface area contributed by atoms with Crippen molar-refractivity contribution in [3.63, 3.8) is 0 Å². The highest BCUT2D eigenvalue weighted by Gasteiger charge is 2.37. The van der Waals surface area contributed by atoms with E-state index in [0.717, 1.165) is 13.0 Å². The first kappa shape index (κ1) is 12.2. The standard InChI is InChI=1S/C12H14ClN3O/c1-8-12(2,3-4-17-8)16-11-6-9(7-14)5-10(13)15-11/h5-6,8H,3-4H2,1-2H3,(H,15,16). The van der Waals surface area contributed by atoms with Crippen LogP contribution < -0.4 is 5.32 Å². The van der Waals surface area contributed by atoms with E-state index in [0.29, 0.717) is 16.5 Å². The van der Waals surface area contributed by atoms with Gasteiger partial charge in [0.2, 0.25) is 0 Å². The van der Waals surface area contributed by atoms with Gasteiger partial charge in [0, 0.05) is 6.61 Å². The van der Waals surface area contributed by atoms with E-state index in [-0.39, 0.29) is 11.6 Å². The van der Waals surface area contributed by atoms with Gasteiger partial charge in [-0.05, 0) is 32.4 Å². The van der Waals surface area contributed by atoms with Crippen LogP contribution in [-0.2, 0) is 4.74 Å². The summed E-state index contributed by atoms with van der Waals surface area (Å²) in [6.07, 6.45) is 1.01. The van der Waals surface area contributed by atoms with Crippen molar-refractivity contribution in [2.45, 2.75) is 31.9 Å². The minimum Gasteiger partial charge on any atom is -0.376 e. The molecule has 2 unspecified atom stereocenters. The minimum absolute atomic E-state index is 0.105. The van der Waals surface area contributed by atoms with Crippen LogP contribution in [0.1, 0.15) is 25.8 Å². The van der Waals surface area contributed by atoms with E-state index in [2.05, 4.69) is 23.3 Å². The van der Waals surface area contributed by atoms with E-state index < -0.39 is 0 Å². The van der Waals surface area contributed by atoms with Gasteiger partial charge in [-0.25, -0.2) is 4.98 Å². The van der Waals surface area contributed by atoms with Gasteiger partial charge in [-0.2, -0.15) is 5.26 Å². The number of rotatable bonds is 2. The first-order valence-electron chi connectivity index (χ1n) is 5.51. The van der Waals surface area contributed by atoms with E-state index in [1.807, 2.05) is 6.92 Å². The fourth-order valence-corrected chi connectivity index (χ4v) is 2.13. The molecule has 1 aromatic rings. The Morgan fingerprint density at radius 1 is 1.65 bits per heavy atom. The second kappa shape index (κ2) is 4.52. The molecule has 0 spiro atoms. The van der Waals surface area contributed by atoms with Crippen LogP contribution in [0.5, 0.6) is 0 Å². The molecule has 1 aliphatic heterocycles. The van der Waals surface area contributed by atoms with Crippen LogP contribution >= 0.6 is 11.6 Å². The molecule has 1 aromatic heterocycles. The Balaban J connectivity index is 2.24. The smallest absolute Gasteiger partial charge is 0.132 e. The van der Waals surface area contributed by atoms with E-state index in [4.69, 9.17) is 21.6 Å². The lowest BCUT2D eigenvalue weighted by molar-refractivity contribution is 0.105. The number of nitrogens with one attached hydrogen (secondary N) is 1. The van der Waals surface area contributed by atoms with Crippen molar-refractivity contribution in [1.29, 1.82) is 5.26 Å². The van der Waals surface area contributed by atoms with Gasteiger partial charge in [0.05, 0.1) is 23.3 Å². The van der Waals surface area contributed by atoms with Crippen LogP contribution in [0.25, 0.3) is 0 Å². The molecule has 2 heterocycles. The highest BCUT2D eigenvalue weighted by atomic mass is 35.5. The van der Waals surface area contributed by atoms with Gasteiger partial charge in [0.25, 0.3) is 0 Å². The average molecular weight is 252 g/mol. The Bertz CT molecular complexity index is 471. The minimum atomic E-state index is -0.162. The lowest BCUT2D eigenvalue weighted by atomic mass is 9.95. The molecule has 1 fully saturated rings. The van der Waals surface area contributed by atoms with Crippen molar-refractivity contribution in [1.82, 2.24) is 4.98 Å². The highest BCUT2D eigenvalue weighted by molar-refractivity contribution is 6.29. The maximum absolute atomic E-state index is 8.87. The zero-order chi connectivity index (χ0) is 12.5. The van der Waals surface area contributed by atoms with Gasteiger partial charge in [0.15, 0.2) is 0 Å². The molecule has 4 nitrogen and oxygen atoms in total. The summed E-state index contributed by atoms with van der Waals surface area (Å²) in [6, 6.07) is 5.30. The van der Waals surface area contributed by atoms with E-state index in [1.54, 1.807) is 12.1 Å². The van der Waals surface area contributed by atoms with E-state index in [1.165, 1.54) is 0 Å². The number of halogens is 1. The number of pyridine rings is 1. The van der Waals surface area contributed by atoms with Crippen molar-refractivity contribution in [3.8, 4) is 6.07 Å². The van der Waals surface area contributed by atoms with Crippen LogP contribution in [0.15, 0.2) is 12.1 Å². The van der Waals surface area contributed by atoms with Crippen molar-refractivity contribution in [3.05, 3.63) is 22.8 Å². The lowest BCUT2D eigenvalue weighted by Gasteiger charge is -2.29. The lowest BCUT2D eigenvalue weighted by Crippen LogP contribution is -2.41. The number of nitriles is 1. The van der Waals surface area contributed by atoms with E-state index >= 15 is 0 Å². The fraction of sp³-hybridized carbons (Fsp3) is 0.500. The monoisotopic (exact) mass is 251 g/mol. The summed E-state index contributed by atoms with van der Waals surface area (Å²) in [4.78, 5) is 4.17. The van der Waals surface area contributed by atoms with Crippen LogP contribution in [0, 0.1) is 11.3 Å². The van der Waals surface area contributed by atoms with Crippen molar-refractivity contribution in [2.24, 2.45) is 0 Å². The van der Waals surface area contributed by atoms with Crippen molar-refractivity contribution in [2.75, 3.05) is 11.9 Å². The number of nitrogens with zero attached hydrogens (tertiary/aromatic N) is 2. The molecule has 0 radical (unpaired) electrons. The molecular formula is C12H14ClN3O. The Hall–Kier alpha value is -1.31. The van der Waals surface area contributed by atoms with Crippen LogP contribution in [0.4, 0.5) is 5.82 Å². The molecule has 0 bridgehead atoms. The molecule has 0 aromatic carbocycles. The first-order chi connectivity index (χ1) is 8.03. The first-order valence-corrected chi connectivity index (χ1v) is 5.89. The molecule has 90 valence electrons. The second-order valence-electron chi connectivity index (χ2n) is 4.48. The third-order valence-corrected chi connectivity index (χ3v) is 3.42. The molecule has 1 aliphatic rings. The number of hydrogen-bond acceptors (Lipinski definition) is 4. The molecular weight excluding hydrogens is 238 g/mol. The second-order valence-corrected chi connectivity index (χ2v) is 4.87. The quantitative estimate of drug-likeness (QED) is 0.821. The Kier molecular flexibility index (Phi) is 3.23. The third-order valence-electron chi connectivity index (χ3n) is 3.22. The number of hydrogen-bond donors (Lipinski definition) is 1.